The standard InChI is InChI=1S/C23H26N2O3/c1-28-20-9-7-18(8-10-20)19-11-13-24(14-12-19)21-15-22(26)25(23(21)27)16-17-5-3-2-4-6-17/h2-10,19,21H,11-16H2,1H3. The highest BCUT2D eigenvalue weighted by atomic mass is 16.5. The van der Waals surface area contributed by atoms with Crippen molar-refractivity contribution in [3.8, 4) is 5.75 Å². The Balaban J connectivity index is 1.36. The Kier molecular flexibility index (Phi) is 5.44. The number of carbonyl (C=O) groups excluding carboxylic acids is 2. The first-order valence-corrected chi connectivity index (χ1v) is 9.92. The average Bonchev–Trinajstić information content (AvgIpc) is 3.03. The topological polar surface area (TPSA) is 49.9 Å². The number of hydrogen-bond acceptors (Lipinski definition) is 4. The van der Waals surface area contributed by atoms with Crippen molar-refractivity contribution in [2.24, 2.45) is 0 Å². The van der Waals surface area contributed by atoms with Gasteiger partial charge in [-0.1, -0.05) is 42.5 Å². The molecule has 0 N–H and O–H groups in total. The zero-order chi connectivity index (χ0) is 19.5. The summed E-state index contributed by atoms with van der Waals surface area (Å²) in [6.07, 6.45) is 2.31. The van der Waals surface area contributed by atoms with E-state index in [1.807, 2.05) is 42.5 Å². The summed E-state index contributed by atoms with van der Waals surface area (Å²) in [7, 11) is 1.68. The number of rotatable bonds is 5. The van der Waals surface area contributed by atoms with E-state index in [2.05, 4.69) is 17.0 Å². The van der Waals surface area contributed by atoms with Crippen molar-refractivity contribution >= 4 is 11.8 Å². The molecule has 1 atom stereocenters. The number of carbonyl (C=O) groups is 2. The van der Waals surface area contributed by atoms with Crippen LogP contribution < -0.4 is 4.74 Å². The minimum atomic E-state index is -0.298. The van der Waals surface area contributed by atoms with E-state index in [1.54, 1.807) is 7.11 Å². The van der Waals surface area contributed by atoms with Gasteiger partial charge in [0.1, 0.15) is 5.75 Å². The van der Waals surface area contributed by atoms with E-state index in [9.17, 15) is 9.59 Å². The summed E-state index contributed by atoms with van der Waals surface area (Å²) >= 11 is 0. The molecule has 2 amide bonds. The fraction of sp³-hybridized carbons (Fsp3) is 0.391. The van der Waals surface area contributed by atoms with Crippen LogP contribution in [-0.4, -0.2) is 47.9 Å². The van der Waals surface area contributed by atoms with Crippen molar-refractivity contribution < 1.29 is 14.3 Å². The minimum Gasteiger partial charge on any atom is -0.497 e. The molecule has 0 bridgehead atoms. The molecule has 0 aliphatic carbocycles. The van der Waals surface area contributed by atoms with Crippen LogP contribution in [0.15, 0.2) is 54.6 Å². The molecular weight excluding hydrogens is 352 g/mol. The zero-order valence-electron chi connectivity index (χ0n) is 16.2. The second kappa shape index (κ2) is 8.15. The first-order chi connectivity index (χ1) is 13.7. The van der Waals surface area contributed by atoms with E-state index in [0.29, 0.717) is 18.9 Å². The van der Waals surface area contributed by atoms with E-state index in [1.165, 1.54) is 10.5 Å². The summed E-state index contributed by atoms with van der Waals surface area (Å²) in [4.78, 5) is 29.0. The Bertz CT molecular complexity index is 827. The van der Waals surface area contributed by atoms with Crippen molar-refractivity contribution in [3.05, 3.63) is 65.7 Å². The summed E-state index contributed by atoms with van der Waals surface area (Å²) in [5.74, 6) is 1.26. The van der Waals surface area contributed by atoms with E-state index < -0.39 is 0 Å². The number of benzene rings is 2. The highest BCUT2D eigenvalue weighted by molar-refractivity contribution is 6.05. The quantitative estimate of drug-likeness (QED) is 0.750. The van der Waals surface area contributed by atoms with Gasteiger partial charge in [0.05, 0.1) is 26.1 Å². The largest absolute Gasteiger partial charge is 0.497 e. The average molecular weight is 378 g/mol. The Morgan fingerprint density at radius 1 is 0.964 bits per heavy atom. The van der Waals surface area contributed by atoms with Gasteiger partial charge in [-0.2, -0.15) is 0 Å². The van der Waals surface area contributed by atoms with Crippen molar-refractivity contribution in [2.45, 2.75) is 37.8 Å². The molecule has 2 aliphatic heterocycles. The Labute approximate surface area is 165 Å². The first kappa shape index (κ1) is 18.7. The van der Waals surface area contributed by atoms with Gasteiger partial charge in [-0.05, 0) is 55.1 Å². The van der Waals surface area contributed by atoms with Crippen LogP contribution in [-0.2, 0) is 16.1 Å². The minimum absolute atomic E-state index is 0.0447. The molecule has 2 saturated heterocycles. The van der Waals surface area contributed by atoms with Crippen LogP contribution in [0.1, 0.15) is 36.3 Å². The third kappa shape index (κ3) is 3.80. The number of hydrogen-bond donors (Lipinski definition) is 0. The normalized spacial score (nSPS) is 21.3. The summed E-state index contributed by atoms with van der Waals surface area (Å²) in [5, 5.41) is 0. The third-order valence-corrected chi connectivity index (χ3v) is 5.96. The van der Waals surface area contributed by atoms with Gasteiger partial charge in [0.25, 0.3) is 0 Å². The molecule has 1 unspecified atom stereocenters. The number of likely N-dealkylation sites (tertiary alicyclic amines) is 2. The fourth-order valence-electron chi connectivity index (χ4n) is 4.30. The lowest BCUT2D eigenvalue weighted by Gasteiger charge is -2.35. The third-order valence-electron chi connectivity index (χ3n) is 5.96. The van der Waals surface area contributed by atoms with Gasteiger partial charge in [-0.3, -0.25) is 19.4 Å². The highest BCUT2D eigenvalue weighted by Crippen LogP contribution is 2.32. The van der Waals surface area contributed by atoms with Crippen LogP contribution in [0.4, 0.5) is 0 Å². The molecule has 2 fully saturated rings. The van der Waals surface area contributed by atoms with Crippen LogP contribution in [0.25, 0.3) is 0 Å². The molecule has 4 rings (SSSR count). The molecule has 2 aromatic rings. The molecule has 0 saturated carbocycles. The van der Waals surface area contributed by atoms with Crippen molar-refractivity contribution in [2.75, 3.05) is 20.2 Å². The summed E-state index contributed by atoms with van der Waals surface area (Å²) < 4.78 is 5.23. The molecular formula is C23H26N2O3. The number of imide groups is 1. The smallest absolute Gasteiger partial charge is 0.247 e. The number of methoxy groups -OCH3 is 1. The van der Waals surface area contributed by atoms with Crippen LogP contribution in [0.5, 0.6) is 5.75 Å². The molecule has 2 aromatic carbocycles. The predicted octanol–water partition coefficient (Wildman–Crippen LogP) is 3.20. The second-order valence-electron chi connectivity index (χ2n) is 7.61. The van der Waals surface area contributed by atoms with E-state index in [0.717, 1.165) is 37.2 Å². The van der Waals surface area contributed by atoms with Gasteiger partial charge < -0.3 is 4.74 Å². The van der Waals surface area contributed by atoms with Crippen molar-refractivity contribution in [3.63, 3.8) is 0 Å². The molecule has 5 nitrogen and oxygen atoms in total. The predicted molar refractivity (Wildman–Crippen MR) is 107 cm³/mol. The second-order valence-corrected chi connectivity index (χ2v) is 7.61. The molecule has 0 radical (unpaired) electrons. The lowest BCUT2D eigenvalue weighted by Crippen LogP contribution is -2.45. The van der Waals surface area contributed by atoms with Crippen LogP contribution >= 0.6 is 0 Å². The maximum Gasteiger partial charge on any atom is 0.247 e. The van der Waals surface area contributed by atoms with Gasteiger partial charge >= 0.3 is 0 Å². The molecule has 0 spiro atoms. The Morgan fingerprint density at radius 3 is 2.29 bits per heavy atom. The van der Waals surface area contributed by atoms with Crippen molar-refractivity contribution in [1.29, 1.82) is 0 Å². The monoisotopic (exact) mass is 378 g/mol. The Morgan fingerprint density at radius 2 is 1.64 bits per heavy atom. The van der Waals surface area contributed by atoms with Crippen LogP contribution in [0.3, 0.4) is 0 Å². The SMILES string of the molecule is COc1ccc(C2CCN(C3CC(=O)N(Cc4ccccc4)C3=O)CC2)cc1. The Hall–Kier alpha value is -2.66. The van der Waals surface area contributed by atoms with E-state index in [-0.39, 0.29) is 17.9 Å². The molecule has 0 aromatic heterocycles. The summed E-state index contributed by atoms with van der Waals surface area (Å²) in [5.41, 5.74) is 2.31. The first-order valence-electron chi connectivity index (χ1n) is 9.92. The van der Waals surface area contributed by atoms with Crippen LogP contribution in [0.2, 0.25) is 0 Å². The van der Waals surface area contributed by atoms with Gasteiger partial charge in [0.15, 0.2) is 0 Å². The van der Waals surface area contributed by atoms with E-state index in [4.69, 9.17) is 4.74 Å². The number of ether oxygens (including phenoxy) is 1. The van der Waals surface area contributed by atoms with Gasteiger partial charge in [-0.25, -0.2) is 0 Å². The molecule has 146 valence electrons. The molecule has 2 aliphatic rings. The lowest BCUT2D eigenvalue weighted by atomic mass is 9.88. The molecule has 2 heterocycles. The fourth-order valence-corrected chi connectivity index (χ4v) is 4.30. The highest BCUT2D eigenvalue weighted by Gasteiger charge is 2.42. The number of nitrogens with zero attached hydrogens (tertiary/aromatic N) is 2. The maximum atomic E-state index is 12.9. The number of piperidine rings is 1. The summed E-state index contributed by atoms with van der Waals surface area (Å²) in [6, 6.07) is 17.7. The zero-order valence-corrected chi connectivity index (χ0v) is 16.2. The van der Waals surface area contributed by atoms with Gasteiger partial charge in [0, 0.05) is 0 Å². The van der Waals surface area contributed by atoms with E-state index >= 15 is 0 Å². The number of amides is 2. The van der Waals surface area contributed by atoms with Crippen molar-refractivity contribution in [1.82, 2.24) is 9.80 Å². The van der Waals surface area contributed by atoms with Gasteiger partial charge in [-0.15, -0.1) is 0 Å². The van der Waals surface area contributed by atoms with Crippen LogP contribution in [0, 0.1) is 0 Å². The summed E-state index contributed by atoms with van der Waals surface area (Å²) in [6.45, 7) is 2.07. The van der Waals surface area contributed by atoms with Gasteiger partial charge in [0.2, 0.25) is 11.8 Å². The maximum absolute atomic E-state index is 12.9. The molecule has 28 heavy (non-hydrogen) atoms. The molecule has 5 heteroatoms. The lowest BCUT2D eigenvalue weighted by molar-refractivity contribution is -0.140.